The Labute approximate surface area is 134 Å². The van der Waals surface area contributed by atoms with Gasteiger partial charge in [-0.2, -0.15) is 0 Å². The molecule has 0 heterocycles. The minimum Gasteiger partial charge on any atom is -0.417 e. The van der Waals surface area contributed by atoms with Gasteiger partial charge in [0.2, 0.25) is 0 Å². The van der Waals surface area contributed by atoms with E-state index in [2.05, 4.69) is 64.5 Å². The van der Waals surface area contributed by atoms with Gasteiger partial charge in [-0.3, -0.25) is 0 Å². The molecule has 0 saturated heterocycles. The smallest absolute Gasteiger partial charge is 0.191 e. The minimum absolute atomic E-state index is 0.309. The molecule has 2 heteroatoms. The summed E-state index contributed by atoms with van der Waals surface area (Å²) in [6.07, 6.45) is 5.13. The first-order valence-corrected chi connectivity index (χ1v) is 11.1. The maximum Gasteiger partial charge on any atom is 0.191 e. The van der Waals surface area contributed by atoms with Gasteiger partial charge in [0.25, 0.3) is 0 Å². The van der Waals surface area contributed by atoms with Gasteiger partial charge in [-0.1, -0.05) is 27.7 Å². The van der Waals surface area contributed by atoms with Gasteiger partial charge in [-0.25, -0.2) is 0 Å². The van der Waals surface area contributed by atoms with Crippen molar-refractivity contribution >= 4 is 8.32 Å². The van der Waals surface area contributed by atoms with E-state index in [4.69, 9.17) is 4.43 Å². The van der Waals surface area contributed by atoms with Crippen molar-refractivity contribution in [2.75, 3.05) is 6.61 Å². The average Bonchev–Trinajstić information content (AvgIpc) is 2.36. The molecule has 0 aliphatic carbocycles. The van der Waals surface area contributed by atoms with Crippen molar-refractivity contribution in [1.29, 1.82) is 0 Å². The largest absolute Gasteiger partial charge is 0.417 e. The molecule has 0 aliphatic rings. The highest BCUT2D eigenvalue weighted by molar-refractivity contribution is 6.74. The van der Waals surface area contributed by atoms with Crippen LogP contribution in [0, 0.1) is 29.6 Å². The topological polar surface area (TPSA) is 9.23 Å². The van der Waals surface area contributed by atoms with Crippen LogP contribution in [0.2, 0.25) is 18.1 Å². The van der Waals surface area contributed by atoms with Crippen LogP contribution >= 0.6 is 0 Å². The van der Waals surface area contributed by atoms with E-state index < -0.39 is 8.32 Å². The summed E-state index contributed by atoms with van der Waals surface area (Å²) in [5, 5.41) is 0.309. The second-order valence-electron chi connectivity index (χ2n) is 7.32. The van der Waals surface area contributed by atoms with Gasteiger partial charge in [0, 0.05) is 25.9 Å². The molecule has 0 aromatic rings. The van der Waals surface area contributed by atoms with Crippen molar-refractivity contribution in [3.8, 4) is 23.7 Å². The van der Waals surface area contributed by atoms with Crippen LogP contribution in [0.15, 0.2) is 0 Å². The summed E-state index contributed by atoms with van der Waals surface area (Å²) in [6, 6.07) is 0. The maximum atomic E-state index is 6.22. The number of hydrogen-bond acceptors (Lipinski definition) is 1. The number of unbranched alkanes of at least 4 members (excludes halogenated alkanes) is 1. The van der Waals surface area contributed by atoms with Gasteiger partial charge in [-0.15, -0.1) is 23.7 Å². The predicted molar refractivity (Wildman–Crippen MR) is 96.6 cm³/mol. The molecule has 0 amide bonds. The molecular weight excluding hydrogens is 272 g/mol. The molecule has 1 atom stereocenters. The molecule has 0 aromatic heterocycles. The van der Waals surface area contributed by atoms with Crippen LogP contribution in [0.5, 0.6) is 0 Å². The number of hydrogen-bond donors (Lipinski definition) is 0. The van der Waals surface area contributed by atoms with Crippen molar-refractivity contribution in [2.45, 2.75) is 84.9 Å². The van der Waals surface area contributed by atoms with E-state index in [1.54, 1.807) is 0 Å². The Morgan fingerprint density at radius 2 is 1.52 bits per heavy atom. The molecule has 0 bridgehead atoms. The predicted octanol–water partition coefficient (Wildman–Crippen LogP) is 5.62. The van der Waals surface area contributed by atoms with E-state index in [1.165, 1.54) is 6.42 Å². The zero-order chi connectivity index (χ0) is 16.4. The molecule has 0 radical (unpaired) electrons. The average molecular weight is 307 g/mol. The van der Waals surface area contributed by atoms with Crippen LogP contribution < -0.4 is 0 Å². The van der Waals surface area contributed by atoms with Gasteiger partial charge in [0.15, 0.2) is 8.32 Å². The molecule has 0 N–H and O–H groups in total. The Balaban J connectivity index is 3.81. The lowest BCUT2D eigenvalue weighted by molar-refractivity contribution is 0.257. The summed E-state index contributed by atoms with van der Waals surface area (Å²) in [4.78, 5) is 0. The zero-order valence-corrected chi connectivity index (χ0v) is 16.2. The van der Waals surface area contributed by atoms with Crippen LogP contribution in [0.25, 0.3) is 0 Å². The summed E-state index contributed by atoms with van der Waals surface area (Å²) in [5.74, 6) is 13.1. The lowest BCUT2D eigenvalue weighted by atomic mass is 10.0. The minimum atomic E-state index is -1.57. The molecule has 0 aromatic carbocycles. The van der Waals surface area contributed by atoms with Gasteiger partial charge in [0.1, 0.15) is 0 Å². The normalized spacial score (nSPS) is 12.9. The fourth-order valence-electron chi connectivity index (χ4n) is 1.62. The molecule has 0 aliphatic heterocycles. The van der Waals surface area contributed by atoms with Crippen molar-refractivity contribution in [3.05, 3.63) is 0 Å². The second kappa shape index (κ2) is 10.1. The van der Waals surface area contributed by atoms with E-state index in [0.29, 0.717) is 11.0 Å². The molecule has 0 saturated carbocycles. The lowest BCUT2D eigenvalue weighted by Crippen LogP contribution is -2.41. The highest BCUT2D eigenvalue weighted by Gasteiger charge is 2.36. The van der Waals surface area contributed by atoms with Crippen molar-refractivity contribution in [1.82, 2.24) is 0 Å². The monoisotopic (exact) mass is 306 g/mol. The summed E-state index contributed by atoms with van der Waals surface area (Å²) in [6.45, 7) is 16.6. The zero-order valence-electron chi connectivity index (χ0n) is 15.2. The highest BCUT2D eigenvalue weighted by atomic mass is 28.4. The Kier molecular flexibility index (Phi) is 9.76. The fraction of sp³-hybridized carbons (Fsp3) is 0.789. The first-order valence-electron chi connectivity index (χ1n) is 8.20. The molecule has 21 heavy (non-hydrogen) atoms. The third-order valence-corrected chi connectivity index (χ3v) is 8.86. The first-order chi connectivity index (χ1) is 9.70. The van der Waals surface area contributed by atoms with E-state index in [0.717, 1.165) is 32.3 Å². The standard InChI is InChI=1S/C19H34OSi/c1-8-9-10-11-12-13-14-15-18(2)16-17-20-21(6,7)19(3,4)5/h18H,10-11,14-17H2,1-7H3/t18-/m0/s1. The SMILES string of the molecule is CC#CCCC#CCC[C@H](C)CCO[Si](C)(C)C(C)(C)C. The molecular formula is C19H34OSi. The molecule has 1 nitrogen and oxygen atoms in total. The van der Waals surface area contributed by atoms with E-state index in [-0.39, 0.29) is 0 Å². The molecule has 0 spiro atoms. The van der Waals surface area contributed by atoms with Gasteiger partial charge >= 0.3 is 0 Å². The van der Waals surface area contributed by atoms with E-state index in [9.17, 15) is 0 Å². The Bertz CT molecular complexity index is 395. The van der Waals surface area contributed by atoms with Crippen LogP contribution in [-0.4, -0.2) is 14.9 Å². The Hall–Kier alpha value is -0.703. The third-order valence-electron chi connectivity index (χ3n) is 4.32. The molecule has 0 fully saturated rings. The Morgan fingerprint density at radius 1 is 0.952 bits per heavy atom. The van der Waals surface area contributed by atoms with Crippen LogP contribution in [0.1, 0.15) is 66.7 Å². The lowest BCUT2D eigenvalue weighted by Gasteiger charge is -2.36. The maximum absolute atomic E-state index is 6.22. The summed E-state index contributed by atoms with van der Waals surface area (Å²) < 4.78 is 6.22. The highest BCUT2D eigenvalue weighted by Crippen LogP contribution is 2.36. The van der Waals surface area contributed by atoms with Crippen LogP contribution in [0.3, 0.4) is 0 Å². The number of rotatable bonds is 7. The van der Waals surface area contributed by atoms with Crippen molar-refractivity contribution < 1.29 is 4.43 Å². The van der Waals surface area contributed by atoms with E-state index >= 15 is 0 Å². The fourth-order valence-corrected chi connectivity index (χ4v) is 2.68. The molecule has 120 valence electrons. The summed E-state index contributed by atoms with van der Waals surface area (Å²) in [7, 11) is -1.57. The van der Waals surface area contributed by atoms with E-state index in [1.807, 2.05) is 6.92 Å². The van der Waals surface area contributed by atoms with Crippen molar-refractivity contribution in [3.63, 3.8) is 0 Å². The third kappa shape index (κ3) is 9.78. The molecule has 0 rings (SSSR count). The first kappa shape index (κ1) is 20.3. The van der Waals surface area contributed by atoms with Gasteiger partial charge in [0.05, 0.1) is 0 Å². The Morgan fingerprint density at radius 3 is 2.10 bits per heavy atom. The molecule has 0 unspecified atom stereocenters. The summed E-state index contributed by atoms with van der Waals surface area (Å²) in [5.41, 5.74) is 0. The van der Waals surface area contributed by atoms with Gasteiger partial charge in [-0.05, 0) is 43.8 Å². The summed E-state index contributed by atoms with van der Waals surface area (Å²) >= 11 is 0. The van der Waals surface area contributed by atoms with Crippen LogP contribution in [0.4, 0.5) is 0 Å². The quantitative estimate of drug-likeness (QED) is 0.337. The van der Waals surface area contributed by atoms with Crippen molar-refractivity contribution in [2.24, 2.45) is 5.92 Å². The van der Waals surface area contributed by atoms with Gasteiger partial charge < -0.3 is 4.43 Å². The second-order valence-corrected chi connectivity index (χ2v) is 12.1. The van der Waals surface area contributed by atoms with Crippen LogP contribution in [-0.2, 0) is 4.43 Å².